The molecule has 1 unspecified atom stereocenters. The monoisotopic (exact) mass is 383 g/mol. The van der Waals surface area contributed by atoms with Gasteiger partial charge in [0, 0.05) is 35.5 Å². The van der Waals surface area contributed by atoms with E-state index in [2.05, 4.69) is 5.32 Å². The smallest absolute Gasteiger partial charge is 0.224 e. The Morgan fingerprint density at radius 1 is 1.19 bits per heavy atom. The van der Waals surface area contributed by atoms with Crippen LogP contribution in [-0.2, 0) is 16.0 Å². The number of aromatic nitrogens is 2. The molecule has 0 saturated carbocycles. The minimum absolute atomic E-state index is 0.0503. The fraction of sp³-hybridized carbons (Fsp3) is 0.238. The fourth-order valence-corrected chi connectivity index (χ4v) is 3.02. The van der Waals surface area contributed by atoms with E-state index in [1.165, 1.54) is 0 Å². The number of rotatable bonds is 7. The van der Waals surface area contributed by atoms with Crippen molar-refractivity contribution in [1.82, 2.24) is 15.1 Å². The number of carbonyl (C=O) groups excluding carboxylic acids is 1. The van der Waals surface area contributed by atoms with Crippen LogP contribution in [0.3, 0.4) is 0 Å². The van der Waals surface area contributed by atoms with E-state index in [0.717, 1.165) is 22.5 Å². The Kier molecular flexibility index (Phi) is 6.27. The van der Waals surface area contributed by atoms with Crippen molar-refractivity contribution >= 4 is 17.5 Å². The Hall–Kier alpha value is -2.63. The molecule has 0 bridgehead atoms. The zero-order valence-electron chi connectivity index (χ0n) is 15.4. The molecule has 1 aromatic heterocycles. The van der Waals surface area contributed by atoms with Crippen LogP contribution in [0.2, 0.25) is 5.02 Å². The molecule has 1 atom stereocenters. The predicted molar refractivity (Wildman–Crippen MR) is 107 cm³/mol. The number of methoxy groups -OCH3 is 1. The molecule has 0 fully saturated rings. The van der Waals surface area contributed by atoms with Gasteiger partial charge in [-0.2, -0.15) is 5.10 Å². The number of hydrogen-bond acceptors (Lipinski definition) is 3. The second-order valence-electron chi connectivity index (χ2n) is 6.39. The molecule has 0 aliphatic carbocycles. The van der Waals surface area contributed by atoms with E-state index in [1.54, 1.807) is 11.8 Å². The summed E-state index contributed by atoms with van der Waals surface area (Å²) in [6.45, 7) is 2.38. The van der Waals surface area contributed by atoms with Gasteiger partial charge in [-0.05, 0) is 31.2 Å². The lowest BCUT2D eigenvalue weighted by Crippen LogP contribution is -2.36. The average Bonchev–Trinajstić information content (AvgIpc) is 3.07. The van der Waals surface area contributed by atoms with E-state index in [4.69, 9.17) is 21.4 Å². The summed E-state index contributed by atoms with van der Waals surface area (Å²) in [6.07, 6.45) is 2.14. The Bertz CT molecular complexity index is 892. The number of amides is 1. The molecule has 0 spiro atoms. The maximum atomic E-state index is 12.5. The summed E-state index contributed by atoms with van der Waals surface area (Å²) < 4.78 is 6.87. The molecule has 3 aromatic rings. The first-order valence-corrected chi connectivity index (χ1v) is 9.13. The van der Waals surface area contributed by atoms with Crippen LogP contribution < -0.4 is 5.32 Å². The molecule has 0 aliphatic rings. The van der Waals surface area contributed by atoms with Gasteiger partial charge in [-0.25, -0.2) is 4.68 Å². The van der Waals surface area contributed by atoms with E-state index in [0.29, 0.717) is 11.6 Å². The molecule has 6 heteroatoms. The third kappa shape index (κ3) is 4.96. The molecule has 140 valence electrons. The lowest BCUT2D eigenvalue weighted by Gasteiger charge is -2.12. The summed E-state index contributed by atoms with van der Waals surface area (Å²) in [6, 6.07) is 17.2. The number of nitrogens with one attached hydrogen (secondary N) is 1. The molecule has 1 heterocycles. The van der Waals surface area contributed by atoms with Gasteiger partial charge in [-0.1, -0.05) is 41.9 Å². The second kappa shape index (κ2) is 8.84. The minimum atomic E-state index is -0.0672. The number of halogens is 1. The first-order valence-electron chi connectivity index (χ1n) is 8.75. The Labute approximate surface area is 163 Å². The van der Waals surface area contributed by atoms with Gasteiger partial charge in [0.15, 0.2) is 0 Å². The van der Waals surface area contributed by atoms with E-state index in [-0.39, 0.29) is 18.4 Å². The number of carbonyl (C=O) groups is 1. The van der Waals surface area contributed by atoms with E-state index >= 15 is 0 Å². The first-order chi connectivity index (χ1) is 13.1. The second-order valence-corrected chi connectivity index (χ2v) is 6.83. The summed E-state index contributed by atoms with van der Waals surface area (Å²) in [7, 11) is 1.62. The van der Waals surface area contributed by atoms with Crippen LogP contribution >= 0.6 is 11.6 Å². The van der Waals surface area contributed by atoms with Crippen molar-refractivity contribution in [3.05, 3.63) is 71.4 Å². The average molecular weight is 384 g/mol. The zero-order valence-corrected chi connectivity index (χ0v) is 16.1. The Morgan fingerprint density at radius 2 is 1.89 bits per heavy atom. The van der Waals surface area contributed by atoms with Crippen molar-refractivity contribution in [1.29, 1.82) is 0 Å². The maximum absolute atomic E-state index is 12.5. The van der Waals surface area contributed by atoms with Crippen molar-refractivity contribution < 1.29 is 9.53 Å². The van der Waals surface area contributed by atoms with Gasteiger partial charge in [-0.3, -0.25) is 4.79 Å². The van der Waals surface area contributed by atoms with Crippen LogP contribution in [0.1, 0.15) is 12.5 Å². The van der Waals surface area contributed by atoms with Gasteiger partial charge in [0.2, 0.25) is 5.91 Å². The molecular formula is C21H22ClN3O2. The van der Waals surface area contributed by atoms with Gasteiger partial charge in [0.1, 0.15) is 0 Å². The third-order valence-corrected chi connectivity index (χ3v) is 4.36. The summed E-state index contributed by atoms with van der Waals surface area (Å²) in [5.41, 5.74) is 3.47. The lowest BCUT2D eigenvalue weighted by atomic mass is 10.1. The third-order valence-electron chi connectivity index (χ3n) is 4.10. The number of para-hydroxylation sites is 1. The number of nitrogens with zero attached hydrogens (tertiary/aromatic N) is 2. The normalized spacial score (nSPS) is 12.0. The highest BCUT2D eigenvalue weighted by Crippen LogP contribution is 2.25. The van der Waals surface area contributed by atoms with E-state index in [9.17, 15) is 4.79 Å². The molecule has 0 radical (unpaired) electrons. The fourth-order valence-electron chi connectivity index (χ4n) is 2.89. The van der Waals surface area contributed by atoms with Gasteiger partial charge in [0.05, 0.1) is 24.4 Å². The number of ether oxygens (including phenoxy) is 1. The molecule has 0 saturated heterocycles. The number of benzene rings is 2. The molecule has 5 nitrogen and oxygen atoms in total. The highest BCUT2D eigenvalue weighted by molar-refractivity contribution is 6.30. The zero-order chi connectivity index (χ0) is 19.2. The van der Waals surface area contributed by atoms with Crippen molar-refractivity contribution in [3.63, 3.8) is 0 Å². The highest BCUT2D eigenvalue weighted by atomic mass is 35.5. The van der Waals surface area contributed by atoms with Gasteiger partial charge < -0.3 is 10.1 Å². The van der Waals surface area contributed by atoms with E-state index < -0.39 is 0 Å². The van der Waals surface area contributed by atoms with Crippen LogP contribution in [0.15, 0.2) is 60.8 Å². The minimum Gasteiger partial charge on any atom is -0.383 e. The molecule has 3 rings (SSSR count). The SMILES string of the molecule is COCC(C)NC(=O)Cc1cn(-c2ccccc2)nc1-c1ccc(Cl)cc1. The van der Waals surface area contributed by atoms with Crippen molar-refractivity contribution in [3.8, 4) is 16.9 Å². The number of hydrogen-bond donors (Lipinski definition) is 1. The van der Waals surface area contributed by atoms with Crippen LogP contribution in [-0.4, -0.2) is 35.4 Å². The van der Waals surface area contributed by atoms with Crippen LogP contribution in [0.5, 0.6) is 0 Å². The molecular weight excluding hydrogens is 362 g/mol. The van der Waals surface area contributed by atoms with Gasteiger partial charge >= 0.3 is 0 Å². The summed E-state index contributed by atoms with van der Waals surface area (Å²) in [5.74, 6) is -0.0672. The first kappa shape index (κ1) is 19.1. The highest BCUT2D eigenvalue weighted by Gasteiger charge is 2.16. The van der Waals surface area contributed by atoms with Crippen LogP contribution in [0.25, 0.3) is 16.9 Å². The van der Waals surface area contributed by atoms with E-state index in [1.807, 2.05) is 67.7 Å². The Balaban J connectivity index is 1.91. The van der Waals surface area contributed by atoms with Gasteiger partial charge in [0.25, 0.3) is 0 Å². The molecule has 1 N–H and O–H groups in total. The lowest BCUT2D eigenvalue weighted by molar-refractivity contribution is -0.121. The van der Waals surface area contributed by atoms with Gasteiger partial charge in [-0.15, -0.1) is 0 Å². The summed E-state index contributed by atoms with van der Waals surface area (Å²) in [5, 5.41) is 8.32. The molecule has 27 heavy (non-hydrogen) atoms. The summed E-state index contributed by atoms with van der Waals surface area (Å²) in [4.78, 5) is 12.5. The standard InChI is InChI=1S/C21H22ClN3O2/c1-15(14-27-2)23-20(26)12-17-13-25(19-6-4-3-5-7-19)24-21(17)16-8-10-18(22)11-9-16/h3-11,13,15H,12,14H2,1-2H3,(H,23,26). The summed E-state index contributed by atoms with van der Waals surface area (Å²) >= 11 is 6.01. The quantitative estimate of drug-likeness (QED) is 0.673. The van der Waals surface area contributed by atoms with Crippen LogP contribution in [0.4, 0.5) is 0 Å². The molecule has 1 amide bonds. The van der Waals surface area contributed by atoms with Crippen molar-refractivity contribution in [2.45, 2.75) is 19.4 Å². The predicted octanol–water partition coefficient (Wildman–Crippen LogP) is 3.89. The van der Waals surface area contributed by atoms with Crippen molar-refractivity contribution in [2.24, 2.45) is 0 Å². The Morgan fingerprint density at radius 3 is 2.56 bits per heavy atom. The largest absolute Gasteiger partial charge is 0.383 e. The van der Waals surface area contributed by atoms with Crippen molar-refractivity contribution in [2.75, 3.05) is 13.7 Å². The molecule has 0 aliphatic heterocycles. The van der Waals surface area contributed by atoms with Crippen LogP contribution in [0, 0.1) is 0 Å². The maximum Gasteiger partial charge on any atom is 0.224 e. The topological polar surface area (TPSA) is 56.1 Å². The molecule has 2 aromatic carbocycles.